The molecule has 2 saturated carbocycles. The Balaban J connectivity index is 1.62. The van der Waals surface area contributed by atoms with Crippen LogP contribution in [0.15, 0.2) is 24.3 Å². The molecule has 8 nitrogen and oxygen atoms in total. The Morgan fingerprint density at radius 1 is 0.536 bits per heavy atom. The minimum atomic E-state index is -0.761. The van der Waals surface area contributed by atoms with Gasteiger partial charge in [-0.15, -0.1) is 0 Å². The van der Waals surface area contributed by atoms with Gasteiger partial charge in [-0.3, -0.25) is 19.2 Å². The Bertz CT molecular complexity index is 1710. The number of rotatable bonds is 27. The maximum atomic E-state index is 11.9. The lowest BCUT2D eigenvalue weighted by Gasteiger charge is -2.22. The average molecular weight is 775 g/mol. The van der Waals surface area contributed by atoms with E-state index in [9.17, 15) is 39.6 Å². The van der Waals surface area contributed by atoms with E-state index in [1.807, 2.05) is 0 Å². The smallest absolute Gasteiger partial charge is 0.309 e. The SMILES string of the molecule is Cc1cc(CCCCC2(C(=O)O)CC2)c(-c2c(CCCCCC(C)(C)C(=O)O)ccc(CCCCC3(C(=O)O)CC3)c2C)cc1CCCCCC(C)(C)C(=O)O. The Morgan fingerprint density at radius 3 is 1.39 bits per heavy atom. The number of carboxylic acid groups (broad SMARTS) is 4. The van der Waals surface area contributed by atoms with E-state index in [0.717, 1.165) is 128 Å². The van der Waals surface area contributed by atoms with Crippen LogP contribution in [-0.2, 0) is 44.9 Å². The van der Waals surface area contributed by atoms with Gasteiger partial charge in [0.15, 0.2) is 0 Å². The number of benzene rings is 2. The summed E-state index contributed by atoms with van der Waals surface area (Å²) in [5.74, 6) is -2.84. The molecule has 2 aromatic rings. The van der Waals surface area contributed by atoms with Crippen molar-refractivity contribution < 1.29 is 39.6 Å². The van der Waals surface area contributed by atoms with Gasteiger partial charge in [0.1, 0.15) is 0 Å². The highest BCUT2D eigenvalue weighted by Gasteiger charge is 2.50. The summed E-state index contributed by atoms with van der Waals surface area (Å²) in [4.78, 5) is 47.0. The van der Waals surface area contributed by atoms with Crippen LogP contribution in [0.4, 0.5) is 0 Å². The second-order valence-electron chi connectivity index (χ2n) is 18.9. The van der Waals surface area contributed by atoms with Crippen LogP contribution in [-0.4, -0.2) is 44.3 Å². The van der Waals surface area contributed by atoms with Gasteiger partial charge in [0.05, 0.1) is 21.7 Å². The molecule has 0 amide bonds. The van der Waals surface area contributed by atoms with Crippen molar-refractivity contribution in [2.45, 2.75) is 183 Å². The summed E-state index contributed by atoms with van der Waals surface area (Å²) >= 11 is 0. The van der Waals surface area contributed by atoms with E-state index in [1.54, 1.807) is 27.7 Å². The molecule has 0 heterocycles. The molecular weight excluding hydrogens is 705 g/mol. The molecule has 2 fully saturated rings. The lowest BCUT2D eigenvalue weighted by Crippen LogP contribution is -2.23. The normalized spacial score (nSPS) is 15.8. The first-order valence-electron chi connectivity index (χ1n) is 21.5. The second kappa shape index (κ2) is 19.2. The fraction of sp³-hybridized carbons (Fsp3) is 0.667. The van der Waals surface area contributed by atoms with Crippen LogP contribution in [0.2, 0.25) is 0 Å². The zero-order valence-electron chi connectivity index (χ0n) is 35.3. The van der Waals surface area contributed by atoms with Crippen LogP contribution in [0.5, 0.6) is 0 Å². The van der Waals surface area contributed by atoms with Gasteiger partial charge in [-0.1, -0.05) is 62.8 Å². The Hall–Kier alpha value is -3.68. The quantitative estimate of drug-likeness (QED) is 0.0655. The number of aryl methyl sites for hydroxylation is 5. The van der Waals surface area contributed by atoms with Gasteiger partial charge in [-0.25, -0.2) is 0 Å². The van der Waals surface area contributed by atoms with Crippen molar-refractivity contribution in [2.24, 2.45) is 21.7 Å². The third-order valence-electron chi connectivity index (χ3n) is 13.5. The van der Waals surface area contributed by atoms with Crippen LogP contribution in [0, 0.1) is 35.5 Å². The van der Waals surface area contributed by atoms with E-state index in [1.165, 1.54) is 44.5 Å². The zero-order valence-corrected chi connectivity index (χ0v) is 35.3. The van der Waals surface area contributed by atoms with Crippen molar-refractivity contribution in [3.05, 3.63) is 57.6 Å². The number of hydrogen-bond acceptors (Lipinski definition) is 4. The molecular formula is C48H70O8. The first-order valence-corrected chi connectivity index (χ1v) is 21.5. The van der Waals surface area contributed by atoms with Gasteiger partial charge in [0.2, 0.25) is 0 Å². The maximum Gasteiger partial charge on any atom is 0.309 e. The molecule has 2 aromatic carbocycles. The highest BCUT2D eigenvalue weighted by molar-refractivity contribution is 5.79. The van der Waals surface area contributed by atoms with Gasteiger partial charge in [-0.2, -0.15) is 0 Å². The third kappa shape index (κ3) is 11.9. The summed E-state index contributed by atoms with van der Waals surface area (Å²) in [5.41, 5.74) is 7.73. The summed E-state index contributed by atoms with van der Waals surface area (Å²) < 4.78 is 0. The molecule has 0 spiro atoms. The highest BCUT2D eigenvalue weighted by atomic mass is 16.4. The van der Waals surface area contributed by atoms with Crippen molar-refractivity contribution in [1.29, 1.82) is 0 Å². The van der Waals surface area contributed by atoms with Crippen molar-refractivity contribution in [3.8, 4) is 11.1 Å². The molecule has 310 valence electrons. The average Bonchev–Trinajstić information content (AvgIpc) is 4.06. The van der Waals surface area contributed by atoms with Gasteiger partial charge < -0.3 is 20.4 Å². The monoisotopic (exact) mass is 775 g/mol. The van der Waals surface area contributed by atoms with Crippen LogP contribution in [0.25, 0.3) is 11.1 Å². The first kappa shape index (κ1) is 45.0. The van der Waals surface area contributed by atoms with Crippen LogP contribution in [0.3, 0.4) is 0 Å². The van der Waals surface area contributed by atoms with Crippen molar-refractivity contribution in [2.75, 3.05) is 0 Å². The number of carbonyl (C=O) groups is 4. The highest BCUT2D eigenvalue weighted by Crippen LogP contribution is 2.51. The molecule has 8 heteroatoms. The summed E-state index contributed by atoms with van der Waals surface area (Å²) in [7, 11) is 0. The van der Waals surface area contributed by atoms with E-state index in [4.69, 9.17) is 0 Å². The molecule has 0 aliphatic heterocycles. The molecule has 0 saturated heterocycles. The topological polar surface area (TPSA) is 149 Å². The minimum absolute atomic E-state index is 0.507. The van der Waals surface area contributed by atoms with E-state index in [2.05, 4.69) is 38.1 Å². The third-order valence-corrected chi connectivity index (χ3v) is 13.5. The molecule has 2 aliphatic rings. The van der Waals surface area contributed by atoms with Crippen LogP contribution < -0.4 is 0 Å². The van der Waals surface area contributed by atoms with E-state index < -0.39 is 45.5 Å². The molecule has 0 unspecified atom stereocenters. The Kier molecular flexibility index (Phi) is 15.4. The molecule has 4 rings (SSSR count). The molecule has 56 heavy (non-hydrogen) atoms. The van der Waals surface area contributed by atoms with Gasteiger partial charge in [0, 0.05) is 0 Å². The number of aliphatic carboxylic acids is 4. The van der Waals surface area contributed by atoms with Crippen molar-refractivity contribution in [3.63, 3.8) is 0 Å². The summed E-state index contributed by atoms with van der Waals surface area (Å²) in [6, 6.07) is 9.31. The molecule has 2 aliphatic carbocycles. The fourth-order valence-electron chi connectivity index (χ4n) is 8.52. The lowest BCUT2D eigenvalue weighted by atomic mass is 9.82. The predicted molar refractivity (Wildman–Crippen MR) is 222 cm³/mol. The van der Waals surface area contributed by atoms with Gasteiger partial charge in [-0.05, 0) is 189 Å². The minimum Gasteiger partial charge on any atom is -0.481 e. The maximum absolute atomic E-state index is 11.9. The summed E-state index contributed by atoms with van der Waals surface area (Å²) in [6.45, 7) is 11.6. The Morgan fingerprint density at radius 2 is 0.946 bits per heavy atom. The van der Waals surface area contributed by atoms with E-state index in [-0.39, 0.29) is 0 Å². The van der Waals surface area contributed by atoms with Crippen LogP contribution in [0.1, 0.15) is 177 Å². The largest absolute Gasteiger partial charge is 0.481 e. The standard InChI is InChI=1S/C48H70O8/c1-33-31-38(20-12-16-26-48(29-30-48)44(55)56)39(32-37(33)19-10-8-14-24-46(5,6)42(51)52)40-34(2)35(17-11-15-25-47(27-28-47)43(53)54)21-22-36(40)18-9-7-13-23-45(3,4)41(49)50/h21-22,31-32H,7-20,23-30H2,1-6H3,(H,49,50)(H,51,52)(H,53,54)(H,55,56). The van der Waals surface area contributed by atoms with Crippen LogP contribution >= 0.6 is 0 Å². The second-order valence-corrected chi connectivity index (χ2v) is 18.9. The van der Waals surface area contributed by atoms with Crippen molar-refractivity contribution in [1.82, 2.24) is 0 Å². The van der Waals surface area contributed by atoms with Gasteiger partial charge in [0.25, 0.3) is 0 Å². The number of hydrogen-bond donors (Lipinski definition) is 4. The molecule has 4 N–H and O–H groups in total. The zero-order chi connectivity index (χ0) is 41.3. The van der Waals surface area contributed by atoms with Gasteiger partial charge >= 0.3 is 23.9 Å². The fourth-order valence-corrected chi connectivity index (χ4v) is 8.52. The summed E-state index contributed by atoms with van der Waals surface area (Å²) in [6.07, 6.45) is 18.5. The lowest BCUT2D eigenvalue weighted by molar-refractivity contribution is -0.148. The molecule has 0 bridgehead atoms. The first-order chi connectivity index (χ1) is 26.3. The number of unbranched alkanes of at least 4 members (excludes halogenated alkanes) is 6. The van der Waals surface area contributed by atoms with E-state index in [0.29, 0.717) is 12.8 Å². The molecule has 0 atom stereocenters. The molecule has 0 aromatic heterocycles. The number of carboxylic acids is 4. The Labute approximate surface area is 335 Å². The van der Waals surface area contributed by atoms with E-state index >= 15 is 0 Å². The molecule has 0 radical (unpaired) electrons. The van der Waals surface area contributed by atoms with Crippen molar-refractivity contribution >= 4 is 23.9 Å². The predicted octanol–water partition coefficient (Wildman–Crippen LogP) is 11.6. The summed E-state index contributed by atoms with van der Waals surface area (Å²) in [5, 5.41) is 38.6.